The number of rotatable bonds is 57. The van der Waals surface area contributed by atoms with Crippen LogP contribution in [0.5, 0.6) is 0 Å². The molecular weight excluding hydrogens is 976 g/mol. The van der Waals surface area contributed by atoms with Gasteiger partial charge < -0.3 is 48.3 Å². The lowest BCUT2D eigenvalue weighted by atomic mass is 10.0. The fourth-order valence-electron chi connectivity index (χ4n) is 8.74. The molecule has 0 unspecified atom stereocenters. The largest absolute Gasteiger partial charge is 0.481 e. The van der Waals surface area contributed by atoms with E-state index in [0.29, 0.717) is 45.0 Å². The maximum atomic E-state index is 12.8. The van der Waals surface area contributed by atoms with Gasteiger partial charge in [-0.1, -0.05) is 200 Å². The van der Waals surface area contributed by atoms with E-state index >= 15 is 0 Å². The number of amides is 3. The number of hydrogen-bond donors (Lipinski definition) is 8. The third kappa shape index (κ3) is 79.8. The molecule has 0 atom stereocenters. The Morgan fingerprint density at radius 2 is 0.654 bits per heavy atom. The summed E-state index contributed by atoms with van der Waals surface area (Å²) in [7, 11) is 11.1. The molecule has 0 rings (SSSR count). The fraction of sp³-hybridized carbons (Fsp3) is 0.919. The van der Waals surface area contributed by atoms with Crippen molar-refractivity contribution in [3.05, 3.63) is 0 Å². The summed E-state index contributed by atoms with van der Waals surface area (Å²) >= 11 is 0. The number of carboxylic acids is 2. The Labute approximate surface area is 483 Å². The van der Waals surface area contributed by atoms with Crippen LogP contribution >= 0.6 is 0 Å². The number of aliphatic carboxylic acids is 2. The fourth-order valence-corrected chi connectivity index (χ4v) is 8.74. The molecule has 0 aliphatic rings. The van der Waals surface area contributed by atoms with Crippen molar-refractivity contribution in [2.75, 3.05) is 58.9 Å². The van der Waals surface area contributed by atoms with Gasteiger partial charge in [-0.25, -0.2) is 0 Å². The van der Waals surface area contributed by atoms with Gasteiger partial charge in [-0.15, -0.1) is 0 Å². The normalized spacial score (nSPS) is 10.6. The smallest absolute Gasteiger partial charge is 0.303 e. The van der Waals surface area contributed by atoms with E-state index in [2.05, 4.69) is 29.8 Å². The van der Waals surface area contributed by atoms with Gasteiger partial charge in [-0.05, 0) is 110 Å². The van der Waals surface area contributed by atoms with E-state index in [-0.39, 0.29) is 30.6 Å². The maximum Gasteiger partial charge on any atom is 0.303 e. The van der Waals surface area contributed by atoms with E-state index in [9.17, 15) is 24.0 Å². The molecule has 16 heteroatoms. The van der Waals surface area contributed by atoms with Crippen molar-refractivity contribution >= 4 is 45.4 Å². The van der Waals surface area contributed by atoms with Gasteiger partial charge in [-0.2, -0.15) is 0 Å². The Kier molecular flexibility index (Phi) is 77.9. The predicted molar refractivity (Wildman–Crippen MR) is 334 cm³/mol. The zero-order valence-corrected chi connectivity index (χ0v) is 51.2. The van der Waals surface area contributed by atoms with Crippen molar-refractivity contribution in [2.24, 2.45) is 17.2 Å². The Morgan fingerprint density at radius 3 is 1.01 bits per heavy atom. The molecule has 11 N–H and O–H groups in total. The zero-order valence-electron chi connectivity index (χ0n) is 51.2. The zero-order chi connectivity index (χ0) is 58.5. The minimum atomic E-state index is -0.870. The average molecular weight is 1100 g/mol. The highest BCUT2D eigenvalue weighted by Crippen LogP contribution is 2.14. The van der Waals surface area contributed by atoms with Crippen LogP contribution in [0.15, 0.2) is 0 Å². The van der Waals surface area contributed by atoms with E-state index in [1.807, 2.05) is 4.90 Å². The molecule has 0 aliphatic carbocycles. The van der Waals surface area contributed by atoms with Gasteiger partial charge in [0.25, 0.3) is 0 Å². The molecule has 14 nitrogen and oxygen atoms in total. The second-order valence-corrected chi connectivity index (χ2v) is 21.4. The number of carboxylic acid groups (broad SMARTS) is 2. The highest BCUT2D eigenvalue weighted by Gasteiger charge is 2.13. The van der Waals surface area contributed by atoms with Crippen molar-refractivity contribution in [1.82, 2.24) is 20.9 Å². The van der Waals surface area contributed by atoms with Crippen LogP contribution in [-0.4, -0.2) is 119 Å². The first-order valence-electron chi connectivity index (χ1n) is 32.5. The first-order chi connectivity index (χ1) is 38.0. The van der Waals surface area contributed by atoms with E-state index in [0.717, 1.165) is 136 Å². The van der Waals surface area contributed by atoms with Crippen molar-refractivity contribution in [3.63, 3.8) is 0 Å². The number of unbranched alkanes of at least 4 members (excludes halogenated alkanes) is 32. The summed E-state index contributed by atoms with van der Waals surface area (Å²) in [6.45, 7) is 11.9. The van der Waals surface area contributed by atoms with Crippen molar-refractivity contribution in [2.45, 2.75) is 309 Å². The second kappa shape index (κ2) is 74.3. The summed E-state index contributed by atoms with van der Waals surface area (Å²) in [6, 6.07) is 0. The summed E-state index contributed by atoms with van der Waals surface area (Å²) in [5.41, 5.74) is 15.9. The molecule has 0 heterocycles. The molecule has 458 valence electrons. The molecule has 0 bridgehead atoms. The van der Waals surface area contributed by atoms with Gasteiger partial charge in [0.05, 0.1) is 15.7 Å². The first kappa shape index (κ1) is 81.8. The van der Waals surface area contributed by atoms with Gasteiger partial charge >= 0.3 is 11.9 Å². The molecule has 4 radical (unpaired) electrons. The number of nitrogens with zero attached hydrogens (tertiary/aromatic N) is 1. The summed E-state index contributed by atoms with van der Waals surface area (Å²) in [4.78, 5) is 58.8. The number of carbonyl (C=O) groups excluding carboxylic acids is 3. The number of nitrogens with two attached hydrogens (primary N) is 3. The molecular formula is C62H127B2N7O7. The molecule has 78 heavy (non-hydrogen) atoms. The highest BCUT2D eigenvalue weighted by atomic mass is 16.4. The third-order valence-electron chi connectivity index (χ3n) is 13.7. The lowest BCUT2D eigenvalue weighted by Crippen LogP contribution is -2.32. The van der Waals surface area contributed by atoms with Crippen LogP contribution in [0.25, 0.3) is 0 Å². The van der Waals surface area contributed by atoms with Gasteiger partial charge in [0.1, 0.15) is 0 Å². The molecule has 3 amide bonds. The predicted octanol–water partition coefficient (Wildman–Crippen LogP) is 13.0. The quantitative estimate of drug-likeness (QED) is 0.0210. The topological polar surface area (TPSA) is 243 Å². The van der Waals surface area contributed by atoms with Crippen molar-refractivity contribution in [3.8, 4) is 0 Å². The molecule has 0 aromatic carbocycles. The first-order valence-corrected chi connectivity index (χ1v) is 32.5. The van der Waals surface area contributed by atoms with Crippen LogP contribution in [0.1, 0.15) is 296 Å². The molecule has 0 fully saturated rings. The van der Waals surface area contributed by atoms with Crippen LogP contribution < -0.4 is 33.2 Å². The maximum absolute atomic E-state index is 12.8. The van der Waals surface area contributed by atoms with Crippen molar-refractivity contribution < 1.29 is 34.2 Å². The minimum Gasteiger partial charge on any atom is -0.481 e. The summed E-state index contributed by atoms with van der Waals surface area (Å²) in [5.74, 6) is -1.29. The van der Waals surface area contributed by atoms with Gasteiger partial charge in [0.2, 0.25) is 17.7 Å². The van der Waals surface area contributed by atoms with Gasteiger partial charge in [0.15, 0.2) is 0 Å². The molecule has 0 saturated heterocycles. The summed E-state index contributed by atoms with van der Waals surface area (Å²) in [5, 5.41) is 25.6. The number of carbonyl (C=O) groups is 5. The van der Waals surface area contributed by atoms with Crippen molar-refractivity contribution in [1.29, 1.82) is 0 Å². The molecule has 0 aromatic rings. The SMILES string of the molecule is NCCCCCCN.O=C(O)CCCCC(=O)O.[B]CCN(CCCCCCNC(=O)CCCCCCCCCCCCCC)C(=O)CCCCC(=O)NCCCCCCCCCCCCC.[B]CCNCCCCCCN. The second-order valence-electron chi connectivity index (χ2n) is 21.4. The Hall–Kier alpha value is -2.68. The van der Waals surface area contributed by atoms with E-state index in [1.54, 1.807) is 0 Å². The lowest BCUT2D eigenvalue weighted by molar-refractivity contribution is -0.139. The minimum absolute atomic E-state index is 0.0628. The monoisotopic (exact) mass is 1100 g/mol. The molecule has 0 aromatic heterocycles. The van der Waals surface area contributed by atoms with Gasteiger partial charge in [0, 0.05) is 58.3 Å². The van der Waals surface area contributed by atoms with Crippen LogP contribution in [0.4, 0.5) is 0 Å². The number of hydrogen-bond acceptors (Lipinski definition) is 9. The molecule has 0 saturated carbocycles. The van der Waals surface area contributed by atoms with E-state index < -0.39 is 11.9 Å². The average Bonchev–Trinajstić information content (AvgIpc) is 3.42. The van der Waals surface area contributed by atoms with Gasteiger partial charge in [-0.3, -0.25) is 24.0 Å². The highest BCUT2D eigenvalue weighted by molar-refractivity contribution is 6.08. The Balaban J connectivity index is -0.000000754. The Bertz CT molecular complexity index is 1210. The van der Waals surface area contributed by atoms with E-state index in [4.69, 9.17) is 43.1 Å². The third-order valence-corrected chi connectivity index (χ3v) is 13.7. The van der Waals surface area contributed by atoms with Crippen LogP contribution in [0.3, 0.4) is 0 Å². The molecule has 0 spiro atoms. The van der Waals surface area contributed by atoms with Crippen LogP contribution in [0, 0.1) is 0 Å². The summed E-state index contributed by atoms with van der Waals surface area (Å²) < 4.78 is 0. The standard InChI is InChI=1S/C42H82BN3O3.C8H19BN2.C6H16N2.C6H10O4/c1-3-5-7-9-11-13-15-16-18-20-22-26-32-40(47)44-37-30-24-25-31-38-46(39-35-43)42(49)34-28-27-33-41(48)45-36-29-23-21-19-17-14-12-10-8-6-4-2;9-5-8-11-7-4-2-1-3-6-10;7-5-3-1-2-4-6-8;7-5(8)3-1-2-4-6(9)10/h3-39H2,1-2H3,(H,44,47)(H,45,48);11H,1-8,10H2;1-8H2;1-4H2,(H,7,8)(H,9,10). The van der Waals surface area contributed by atoms with Crippen LogP contribution in [-0.2, 0) is 24.0 Å². The van der Waals surface area contributed by atoms with Crippen LogP contribution in [0.2, 0.25) is 12.6 Å². The molecule has 0 aliphatic heterocycles. The lowest BCUT2D eigenvalue weighted by Gasteiger charge is -2.22. The number of nitrogens with one attached hydrogen (secondary N) is 3. The Morgan fingerprint density at radius 1 is 0.346 bits per heavy atom. The van der Waals surface area contributed by atoms with E-state index in [1.165, 1.54) is 161 Å². The summed E-state index contributed by atoms with van der Waals surface area (Å²) in [6.07, 6.45) is 49.3.